The second-order valence-electron chi connectivity index (χ2n) is 16.8. The smallest absolute Gasteiger partial charge is 0.104 e. The molecule has 0 radical (unpaired) electrons. The Balaban J connectivity index is 0.00000464. The zero-order valence-electron chi connectivity index (χ0n) is 32.6. The van der Waals surface area contributed by atoms with Gasteiger partial charge in [0.15, 0.2) is 0 Å². The van der Waals surface area contributed by atoms with Crippen LogP contribution in [0.5, 0.6) is 0 Å². The Hall–Kier alpha value is -1.37. The number of halogens is 2. The van der Waals surface area contributed by atoms with Gasteiger partial charge in [0.2, 0.25) is 0 Å². The first-order valence-electron chi connectivity index (χ1n) is 20.4. The van der Waals surface area contributed by atoms with E-state index >= 15 is 0 Å². The molecule has 2 atom stereocenters. The first-order valence-corrected chi connectivity index (χ1v) is 23.1. The van der Waals surface area contributed by atoms with Crippen molar-refractivity contribution in [3.63, 3.8) is 0 Å². The van der Waals surface area contributed by atoms with Crippen molar-refractivity contribution in [2.75, 3.05) is 13.1 Å². The fourth-order valence-corrected chi connectivity index (χ4v) is 20.3. The van der Waals surface area contributed by atoms with Crippen LogP contribution in [0.1, 0.15) is 129 Å². The third kappa shape index (κ3) is 7.46. The van der Waals surface area contributed by atoms with Gasteiger partial charge in [0.25, 0.3) is 0 Å². The Labute approximate surface area is 339 Å². The van der Waals surface area contributed by atoms with Gasteiger partial charge in [0, 0.05) is 59.7 Å². The summed E-state index contributed by atoms with van der Waals surface area (Å²) in [6, 6.07) is 9.68. The fraction of sp³-hybridized carbons (Fsp3) is 0.565. The van der Waals surface area contributed by atoms with Crippen LogP contribution in [0, 0.1) is 47.5 Å². The summed E-state index contributed by atoms with van der Waals surface area (Å²) >= 11 is 15.5. The van der Waals surface area contributed by atoms with Crippen molar-refractivity contribution in [3.8, 4) is 0 Å². The first-order chi connectivity index (χ1) is 24.6. The maximum absolute atomic E-state index is 8.18. The second kappa shape index (κ2) is 17.2. The molecule has 0 bridgehead atoms. The summed E-state index contributed by atoms with van der Waals surface area (Å²) in [7, 11) is -1.73. The zero-order chi connectivity index (χ0) is 35.9. The van der Waals surface area contributed by atoms with Gasteiger partial charge in [-0.3, -0.25) is 0 Å². The molecule has 7 rings (SSSR count). The molecular formula is C46H62Cl2N2PRu+. The van der Waals surface area contributed by atoms with E-state index in [9.17, 15) is 0 Å². The van der Waals surface area contributed by atoms with Crippen molar-refractivity contribution in [3.05, 3.63) is 102 Å². The second-order valence-corrected chi connectivity index (χ2v) is 21.8. The quantitative estimate of drug-likeness (QED) is 0.224. The summed E-state index contributed by atoms with van der Waals surface area (Å²) < 4.78 is 0. The molecule has 2 N–H and O–H groups in total. The molecule has 52 heavy (non-hydrogen) atoms. The standard InChI is InChI=1S/C46H62Cl2N2P.Ru/c1-29-25-31(3)41(32(4)26-29)43-39(47)22-21-38(42(43)46-49-23-24-50-46)44(48)37-19-13-14-20-40(37)51(35-15-9-7-10-16-35,36-17-11-8-12-18-36)45-33(5)27-30(2)28-34(45)6;/h21-22,25-28,35-36,38,40,49-50H,7-20,23-24H2,1-6H3;/q+1;. The number of benzene rings is 2. The van der Waals surface area contributed by atoms with Gasteiger partial charge in [-0.25, -0.2) is 0 Å². The predicted octanol–water partition coefficient (Wildman–Crippen LogP) is 12.5. The van der Waals surface area contributed by atoms with Gasteiger partial charge in [-0.1, -0.05) is 77.5 Å². The van der Waals surface area contributed by atoms with Crippen molar-refractivity contribution in [1.29, 1.82) is 0 Å². The van der Waals surface area contributed by atoms with Crippen LogP contribution in [0.15, 0.2) is 63.4 Å². The van der Waals surface area contributed by atoms with E-state index in [-0.39, 0.29) is 25.4 Å². The Bertz CT molecular complexity index is 1700. The monoisotopic (exact) mass is 845 g/mol. The minimum absolute atomic E-state index is 0. The number of allylic oxidation sites excluding steroid dienone is 7. The molecule has 2 nitrogen and oxygen atoms in total. The van der Waals surface area contributed by atoms with Crippen LogP contribution in [0.4, 0.5) is 0 Å². The minimum Gasteiger partial charge on any atom is -0.370 e. The van der Waals surface area contributed by atoms with Gasteiger partial charge >= 0.3 is 0 Å². The van der Waals surface area contributed by atoms with Gasteiger partial charge in [-0.2, -0.15) is 0 Å². The summed E-state index contributed by atoms with van der Waals surface area (Å²) in [4.78, 5) is 0. The largest absolute Gasteiger partial charge is 0.370 e. The molecule has 282 valence electrons. The Morgan fingerprint density at radius 3 is 1.71 bits per heavy atom. The molecule has 2 aromatic carbocycles. The molecule has 4 fully saturated rings. The SMILES string of the molecule is Cc1cc(C)c(C2=C(Cl)C=CC(C(Cl)=C3CCCCC3[P+](c3c(C)cc(C)cc3C)(C3CCCCC3)C3CCCCC3)C2=C2NCCN2)c(C)c1.[Ru]. The normalized spacial score (nSPS) is 24.5. The number of rotatable bonds is 6. The first kappa shape index (κ1) is 40.3. The van der Waals surface area contributed by atoms with Crippen LogP contribution in [-0.2, 0) is 19.5 Å². The zero-order valence-corrected chi connectivity index (χ0v) is 36.8. The summed E-state index contributed by atoms with van der Waals surface area (Å²) in [5.41, 5.74) is 15.8. The maximum atomic E-state index is 8.18. The van der Waals surface area contributed by atoms with Crippen molar-refractivity contribution in [2.24, 2.45) is 5.92 Å². The predicted molar refractivity (Wildman–Crippen MR) is 225 cm³/mol. The number of hydrogen-bond donors (Lipinski definition) is 2. The van der Waals surface area contributed by atoms with Crippen LogP contribution in [-0.4, -0.2) is 30.1 Å². The third-order valence-electron chi connectivity index (χ3n) is 13.2. The summed E-state index contributed by atoms with van der Waals surface area (Å²) in [6.45, 7) is 15.7. The molecule has 0 spiro atoms. The Morgan fingerprint density at radius 2 is 1.17 bits per heavy atom. The molecule has 1 saturated heterocycles. The number of nitrogens with one attached hydrogen (secondary N) is 2. The van der Waals surface area contributed by atoms with Crippen molar-refractivity contribution >= 4 is 41.3 Å². The number of hydrogen-bond acceptors (Lipinski definition) is 2. The summed E-state index contributed by atoms with van der Waals surface area (Å²) in [5.74, 6) is 1.07. The van der Waals surface area contributed by atoms with Gasteiger partial charge in [0.1, 0.15) is 11.1 Å². The van der Waals surface area contributed by atoms with Gasteiger partial charge in [0.05, 0.1) is 24.2 Å². The van der Waals surface area contributed by atoms with Crippen LogP contribution in [0.25, 0.3) is 5.57 Å². The Kier molecular flexibility index (Phi) is 13.3. The fourth-order valence-electron chi connectivity index (χ4n) is 11.7. The molecule has 5 aliphatic rings. The summed E-state index contributed by atoms with van der Waals surface area (Å²) in [6.07, 6.45) is 23.4. The van der Waals surface area contributed by atoms with Crippen LogP contribution in [0.2, 0.25) is 0 Å². The molecule has 1 aliphatic heterocycles. The molecule has 2 aromatic rings. The molecule has 0 amide bonds. The average Bonchev–Trinajstić information content (AvgIpc) is 3.65. The van der Waals surface area contributed by atoms with Gasteiger partial charge in [-0.05, 0) is 158 Å². The molecule has 2 unspecified atom stereocenters. The molecule has 0 aromatic heterocycles. The van der Waals surface area contributed by atoms with E-state index in [0.29, 0.717) is 5.66 Å². The number of aryl methyl sites for hydroxylation is 6. The van der Waals surface area contributed by atoms with E-state index in [4.69, 9.17) is 23.2 Å². The average molecular weight is 846 g/mol. The molecular weight excluding hydrogens is 783 g/mol. The van der Waals surface area contributed by atoms with Crippen molar-refractivity contribution < 1.29 is 19.5 Å². The molecule has 1 heterocycles. The maximum Gasteiger partial charge on any atom is 0.104 e. The van der Waals surface area contributed by atoms with Gasteiger partial charge in [-0.15, -0.1) is 0 Å². The summed E-state index contributed by atoms with van der Waals surface area (Å²) in [5, 5.41) is 11.2. The van der Waals surface area contributed by atoms with Crippen LogP contribution < -0.4 is 15.9 Å². The van der Waals surface area contributed by atoms with E-state index in [1.807, 2.05) is 5.30 Å². The molecule has 3 saturated carbocycles. The van der Waals surface area contributed by atoms with Gasteiger partial charge < -0.3 is 10.6 Å². The Morgan fingerprint density at radius 1 is 0.673 bits per heavy atom. The third-order valence-corrected chi connectivity index (χ3v) is 20.6. The van der Waals surface area contributed by atoms with E-state index in [1.54, 1.807) is 16.7 Å². The van der Waals surface area contributed by atoms with Crippen LogP contribution in [0.3, 0.4) is 0 Å². The molecule has 4 aliphatic carbocycles. The van der Waals surface area contributed by atoms with Crippen LogP contribution >= 0.6 is 30.5 Å². The minimum atomic E-state index is -1.73. The van der Waals surface area contributed by atoms with E-state index in [1.165, 1.54) is 117 Å². The topological polar surface area (TPSA) is 24.1 Å². The van der Waals surface area contributed by atoms with E-state index in [2.05, 4.69) is 88.6 Å². The van der Waals surface area contributed by atoms with Crippen molar-refractivity contribution in [2.45, 2.75) is 148 Å². The van der Waals surface area contributed by atoms with E-state index < -0.39 is 7.26 Å². The van der Waals surface area contributed by atoms with E-state index in [0.717, 1.165) is 52.3 Å². The van der Waals surface area contributed by atoms with Crippen molar-refractivity contribution in [1.82, 2.24) is 10.6 Å². The molecule has 6 heteroatoms.